The minimum absolute atomic E-state index is 0.0630. The molecule has 2 heterocycles. The van der Waals surface area contributed by atoms with Crippen LogP contribution in [0.5, 0.6) is 0 Å². The van der Waals surface area contributed by atoms with Gasteiger partial charge in [0, 0.05) is 42.5 Å². The minimum atomic E-state index is -4.56. The highest BCUT2D eigenvalue weighted by Gasteiger charge is 2.34. The maximum absolute atomic E-state index is 13.7. The zero-order valence-corrected chi connectivity index (χ0v) is 18.0. The maximum atomic E-state index is 13.7. The Morgan fingerprint density at radius 3 is 2.58 bits per heavy atom. The lowest BCUT2D eigenvalue weighted by molar-refractivity contribution is -0.137. The first-order valence-corrected chi connectivity index (χ1v) is 10.4. The molecular formula is C23H24F3N7. The molecular weight excluding hydrogens is 431 g/mol. The van der Waals surface area contributed by atoms with Crippen molar-refractivity contribution in [1.82, 2.24) is 20.2 Å². The molecule has 0 spiro atoms. The third-order valence-corrected chi connectivity index (χ3v) is 5.53. The minimum Gasteiger partial charge on any atom is -0.398 e. The first kappa shape index (κ1) is 22.7. The fraction of sp³-hybridized carbons (Fsp3) is 0.261. The van der Waals surface area contributed by atoms with Gasteiger partial charge in [-0.15, -0.1) is 0 Å². The summed E-state index contributed by atoms with van der Waals surface area (Å²) in [6, 6.07) is 13.7. The van der Waals surface area contributed by atoms with E-state index in [-0.39, 0.29) is 29.1 Å². The van der Waals surface area contributed by atoms with Crippen LogP contribution in [0.2, 0.25) is 0 Å². The molecule has 0 aliphatic carbocycles. The second-order valence-electron chi connectivity index (χ2n) is 7.80. The number of amidine groups is 1. The number of nitrogens with zero attached hydrogens (tertiary/aromatic N) is 4. The summed E-state index contributed by atoms with van der Waals surface area (Å²) < 4.78 is 41.1. The predicted octanol–water partition coefficient (Wildman–Crippen LogP) is 3.36. The number of likely N-dealkylation sites (N-methyl/N-ethyl adjacent to an activating group) is 1. The Morgan fingerprint density at radius 2 is 1.85 bits per heavy atom. The highest BCUT2D eigenvalue weighted by Crippen LogP contribution is 2.37. The quantitative estimate of drug-likeness (QED) is 0.317. The highest BCUT2D eigenvalue weighted by atomic mass is 19.4. The number of halogens is 3. The van der Waals surface area contributed by atoms with Gasteiger partial charge in [0.05, 0.1) is 17.3 Å². The molecule has 3 aromatic rings. The van der Waals surface area contributed by atoms with E-state index in [1.807, 2.05) is 7.05 Å². The van der Waals surface area contributed by atoms with Gasteiger partial charge in [0.2, 0.25) is 0 Å². The van der Waals surface area contributed by atoms with Crippen molar-refractivity contribution in [2.45, 2.75) is 12.2 Å². The Labute approximate surface area is 189 Å². The van der Waals surface area contributed by atoms with Gasteiger partial charge in [-0.1, -0.05) is 30.3 Å². The molecule has 172 valence electrons. The number of piperazine rings is 1. The first-order valence-electron chi connectivity index (χ1n) is 10.4. The second-order valence-corrected chi connectivity index (χ2v) is 7.80. The van der Waals surface area contributed by atoms with Gasteiger partial charge in [0.1, 0.15) is 5.84 Å². The zero-order chi connectivity index (χ0) is 23.6. The van der Waals surface area contributed by atoms with Crippen molar-refractivity contribution in [1.29, 1.82) is 0 Å². The smallest absolute Gasteiger partial charge is 0.398 e. The van der Waals surface area contributed by atoms with Gasteiger partial charge in [-0.05, 0) is 25.2 Å². The third-order valence-electron chi connectivity index (χ3n) is 5.53. The van der Waals surface area contributed by atoms with E-state index >= 15 is 0 Å². The molecule has 5 N–H and O–H groups in total. The van der Waals surface area contributed by atoms with Gasteiger partial charge < -0.3 is 16.8 Å². The Balaban J connectivity index is 1.87. The number of anilines is 1. The van der Waals surface area contributed by atoms with Gasteiger partial charge in [0.25, 0.3) is 0 Å². The van der Waals surface area contributed by atoms with Crippen LogP contribution < -0.4 is 16.8 Å². The molecule has 7 nitrogen and oxygen atoms in total. The summed E-state index contributed by atoms with van der Waals surface area (Å²) in [4.78, 5) is 15.3. The third kappa shape index (κ3) is 4.96. The summed E-state index contributed by atoms with van der Waals surface area (Å²) in [6.07, 6.45) is -4.56. The number of benzene rings is 2. The molecule has 2 aromatic carbocycles. The lowest BCUT2D eigenvalue weighted by Gasteiger charge is -2.32. The van der Waals surface area contributed by atoms with Crippen LogP contribution in [0.15, 0.2) is 59.6 Å². The van der Waals surface area contributed by atoms with Crippen LogP contribution in [0.1, 0.15) is 22.9 Å². The lowest BCUT2D eigenvalue weighted by atomic mass is 10.1. The summed E-state index contributed by atoms with van der Waals surface area (Å²) in [5.74, 6) is 0.210. The number of hydrogen-bond donors (Lipinski definition) is 3. The fourth-order valence-electron chi connectivity index (χ4n) is 3.78. The largest absolute Gasteiger partial charge is 0.417 e. The van der Waals surface area contributed by atoms with Crippen molar-refractivity contribution in [3.8, 4) is 11.4 Å². The SMILES string of the molecule is CN1CCNCC1c1cc(N=C(N)c2ccccc2N)nc(-c2ccccc2C(F)(F)F)n1. The van der Waals surface area contributed by atoms with Crippen molar-refractivity contribution in [2.24, 2.45) is 10.7 Å². The van der Waals surface area contributed by atoms with Crippen molar-refractivity contribution in [3.05, 3.63) is 71.4 Å². The topological polar surface area (TPSA) is 105 Å². The van der Waals surface area contributed by atoms with Gasteiger partial charge in [-0.2, -0.15) is 13.2 Å². The van der Waals surface area contributed by atoms with Crippen LogP contribution in [0, 0.1) is 0 Å². The van der Waals surface area contributed by atoms with Gasteiger partial charge in [0.15, 0.2) is 11.6 Å². The molecule has 1 aliphatic rings. The van der Waals surface area contributed by atoms with Crippen LogP contribution in [0.3, 0.4) is 0 Å². The molecule has 0 saturated carbocycles. The number of hydrogen-bond acceptors (Lipinski definition) is 6. The highest BCUT2D eigenvalue weighted by molar-refractivity contribution is 6.03. The molecule has 0 amide bonds. The number of aliphatic imine (C=N–C) groups is 1. The van der Waals surface area contributed by atoms with Crippen molar-refractivity contribution in [3.63, 3.8) is 0 Å². The van der Waals surface area contributed by atoms with E-state index < -0.39 is 11.7 Å². The molecule has 0 radical (unpaired) electrons. The number of aromatic nitrogens is 2. The first-order chi connectivity index (χ1) is 15.7. The summed E-state index contributed by atoms with van der Waals surface area (Å²) >= 11 is 0. The number of rotatable bonds is 4. The monoisotopic (exact) mass is 455 g/mol. The normalized spacial score (nSPS) is 17.8. The Morgan fingerprint density at radius 1 is 1.12 bits per heavy atom. The summed E-state index contributed by atoms with van der Waals surface area (Å²) in [6.45, 7) is 2.18. The van der Waals surface area contributed by atoms with E-state index in [1.54, 1.807) is 30.3 Å². The van der Waals surface area contributed by atoms with Gasteiger partial charge >= 0.3 is 6.18 Å². The molecule has 1 unspecified atom stereocenters. The summed E-state index contributed by atoms with van der Waals surface area (Å²) in [5.41, 5.74) is 12.8. The molecule has 1 aliphatic heterocycles. The van der Waals surface area contributed by atoms with E-state index in [4.69, 9.17) is 11.5 Å². The van der Waals surface area contributed by atoms with E-state index in [9.17, 15) is 13.2 Å². The molecule has 1 aromatic heterocycles. The van der Waals surface area contributed by atoms with Crippen molar-refractivity contribution < 1.29 is 13.2 Å². The Bertz CT molecular complexity index is 1180. The molecule has 1 fully saturated rings. The average molecular weight is 455 g/mol. The number of nitrogens with one attached hydrogen (secondary N) is 1. The number of para-hydroxylation sites is 1. The zero-order valence-electron chi connectivity index (χ0n) is 18.0. The van der Waals surface area contributed by atoms with Crippen LogP contribution in [0.4, 0.5) is 24.7 Å². The second kappa shape index (κ2) is 9.16. The number of alkyl halides is 3. The number of nitrogen functional groups attached to an aromatic ring is 1. The van der Waals surface area contributed by atoms with E-state index in [1.165, 1.54) is 18.2 Å². The van der Waals surface area contributed by atoms with E-state index in [2.05, 4.69) is 25.2 Å². The Kier molecular flexibility index (Phi) is 6.30. The van der Waals surface area contributed by atoms with Crippen molar-refractivity contribution >= 4 is 17.3 Å². The summed E-state index contributed by atoms with van der Waals surface area (Å²) in [7, 11) is 1.94. The number of nitrogens with two attached hydrogens (primary N) is 2. The predicted molar refractivity (Wildman–Crippen MR) is 122 cm³/mol. The van der Waals surface area contributed by atoms with Crippen LogP contribution >= 0.6 is 0 Å². The average Bonchev–Trinajstić information content (AvgIpc) is 2.79. The maximum Gasteiger partial charge on any atom is 0.417 e. The molecule has 0 bridgehead atoms. The molecule has 1 atom stereocenters. The molecule has 4 rings (SSSR count). The van der Waals surface area contributed by atoms with E-state index in [0.717, 1.165) is 19.2 Å². The van der Waals surface area contributed by atoms with Crippen LogP contribution in [-0.4, -0.2) is 47.4 Å². The van der Waals surface area contributed by atoms with Crippen molar-refractivity contribution in [2.75, 3.05) is 32.4 Å². The fourth-order valence-corrected chi connectivity index (χ4v) is 3.78. The standard InChI is InChI=1S/C23H24F3N7/c1-33-11-10-29-13-19(33)18-12-20(31-21(28)15-7-3-5-9-17(15)27)32-22(30-18)14-6-2-4-8-16(14)23(24,25)26/h2-9,12,19,29H,10-11,13,27H2,1H3,(H2,28,30,31,32). The van der Waals surface area contributed by atoms with Crippen LogP contribution in [-0.2, 0) is 6.18 Å². The Hall–Kier alpha value is -3.50. The molecule has 33 heavy (non-hydrogen) atoms. The van der Waals surface area contributed by atoms with E-state index in [0.29, 0.717) is 23.5 Å². The van der Waals surface area contributed by atoms with Gasteiger partial charge in [-0.3, -0.25) is 4.90 Å². The van der Waals surface area contributed by atoms with Gasteiger partial charge in [-0.25, -0.2) is 15.0 Å². The molecule has 10 heteroatoms. The lowest BCUT2D eigenvalue weighted by Crippen LogP contribution is -2.44. The van der Waals surface area contributed by atoms with Crippen LogP contribution in [0.25, 0.3) is 11.4 Å². The molecule has 1 saturated heterocycles. The summed E-state index contributed by atoms with van der Waals surface area (Å²) in [5, 5.41) is 3.29.